The molecular formula is C24H31N5O4. The Bertz CT molecular complexity index is 1160. The molecule has 0 saturated carbocycles. The molecule has 1 aromatic heterocycles. The molecule has 1 atom stereocenters. The van der Waals surface area contributed by atoms with E-state index in [-0.39, 0.29) is 17.3 Å². The van der Waals surface area contributed by atoms with Crippen LogP contribution in [0.2, 0.25) is 0 Å². The molecule has 3 aromatic rings. The van der Waals surface area contributed by atoms with Crippen LogP contribution in [-0.4, -0.2) is 27.7 Å². The van der Waals surface area contributed by atoms with Crippen molar-refractivity contribution >= 4 is 17.5 Å². The highest BCUT2D eigenvalue weighted by atomic mass is 16.5. The third-order valence-electron chi connectivity index (χ3n) is 4.85. The molecule has 0 saturated heterocycles. The fourth-order valence-corrected chi connectivity index (χ4v) is 3.21. The van der Waals surface area contributed by atoms with E-state index >= 15 is 0 Å². The third kappa shape index (κ3) is 6.11. The predicted octanol–water partition coefficient (Wildman–Crippen LogP) is 3.66. The summed E-state index contributed by atoms with van der Waals surface area (Å²) in [6.07, 6.45) is 0.436. The zero-order valence-corrected chi connectivity index (χ0v) is 19.3. The first-order valence-corrected chi connectivity index (χ1v) is 10.8. The fraction of sp³-hybridized carbons (Fsp3) is 0.292. The van der Waals surface area contributed by atoms with Crippen LogP contribution in [0.25, 0.3) is 22.5 Å². The van der Waals surface area contributed by atoms with Crippen molar-refractivity contribution in [3.63, 3.8) is 0 Å². The van der Waals surface area contributed by atoms with Crippen LogP contribution in [0, 0.1) is 5.92 Å². The van der Waals surface area contributed by atoms with E-state index in [1.54, 1.807) is 13.0 Å². The predicted molar refractivity (Wildman–Crippen MR) is 131 cm³/mol. The maximum absolute atomic E-state index is 12.1. The first-order chi connectivity index (χ1) is 15.8. The minimum atomic E-state index is -0.829. The molecule has 1 heterocycles. The number of anilines is 2. The van der Waals surface area contributed by atoms with E-state index < -0.39 is 17.4 Å². The number of nitrogens with zero attached hydrogens (tertiary/aromatic N) is 1. The standard InChI is InChI=1S/C22H25N5O4.C2H6/c1-3-31-17-11-15(14-6-4-5-13(10-14)9-12(2)22(29)30)7-8-16(17)19-25-20(27-24)18(23)21(28)26-19;1-2/h4-8,10-12H,3,9,23-24H2,1-2H3,(H,29,30)(H2,25,26,27,28);1-2H3. The summed E-state index contributed by atoms with van der Waals surface area (Å²) in [4.78, 5) is 30.2. The summed E-state index contributed by atoms with van der Waals surface area (Å²) in [5.41, 5.74) is 10.7. The van der Waals surface area contributed by atoms with Gasteiger partial charge in [-0.25, -0.2) is 10.8 Å². The number of ether oxygens (including phenoxy) is 1. The Kier molecular flexibility index (Phi) is 8.99. The van der Waals surface area contributed by atoms with Crippen LogP contribution in [0.3, 0.4) is 0 Å². The maximum Gasteiger partial charge on any atom is 0.306 e. The Morgan fingerprint density at radius 2 is 1.91 bits per heavy atom. The molecule has 9 nitrogen and oxygen atoms in total. The summed E-state index contributed by atoms with van der Waals surface area (Å²) in [5, 5.41) is 9.17. The van der Waals surface area contributed by atoms with Crippen molar-refractivity contribution in [1.29, 1.82) is 0 Å². The molecule has 176 valence electrons. The van der Waals surface area contributed by atoms with E-state index in [1.165, 1.54) is 0 Å². The Hall–Kier alpha value is -3.85. The number of aromatic amines is 1. The van der Waals surface area contributed by atoms with Crippen LogP contribution >= 0.6 is 0 Å². The van der Waals surface area contributed by atoms with Crippen molar-refractivity contribution in [1.82, 2.24) is 9.97 Å². The van der Waals surface area contributed by atoms with Crippen LogP contribution in [-0.2, 0) is 11.2 Å². The first-order valence-electron chi connectivity index (χ1n) is 10.8. The van der Waals surface area contributed by atoms with Gasteiger partial charge in [0.1, 0.15) is 17.3 Å². The quantitative estimate of drug-likeness (QED) is 0.255. The Morgan fingerprint density at radius 1 is 1.21 bits per heavy atom. The summed E-state index contributed by atoms with van der Waals surface area (Å²) < 4.78 is 5.80. The number of carboxylic acid groups (broad SMARTS) is 1. The highest BCUT2D eigenvalue weighted by Crippen LogP contribution is 2.33. The van der Waals surface area contributed by atoms with E-state index in [0.29, 0.717) is 24.3 Å². The Morgan fingerprint density at radius 3 is 2.55 bits per heavy atom. The van der Waals surface area contributed by atoms with Gasteiger partial charge in [0.15, 0.2) is 5.82 Å². The van der Waals surface area contributed by atoms with Crippen LogP contribution in [0.4, 0.5) is 11.5 Å². The van der Waals surface area contributed by atoms with Crippen molar-refractivity contribution in [3.05, 3.63) is 58.4 Å². The van der Waals surface area contributed by atoms with Gasteiger partial charge in [0, 0.05) is 0 Å². The number of aliphatic carboxylic acids is 1. The van der Waals surface area contributed by atoms with E-state index in [1.807, 2.05) is 57.2 Å². The van der Waals surface area contributed by atoms with Crippen LogP contribution in [0.1, 0.15) is 33.3 Å². The Labute approximate surface area is 192 Å². The second-order valence-electron chi connectivity index (χ2n) is 7.11. The molecule has 7 N–H and O–H groups in total. The fourth-order valence-electron chi connectivity index (χ4n) is 3.21. The summed E-state index contributed by atoms with van der Waals surface area (Å²) >= 11 is 0. The summed E-state index contributed by atoms with van der Waals surface area (Å²) in [6.45, 7) is 7.95. The lowest BCUT2D eigenvalue weighted by Gasteiger charge is -2.14. The van der Waals surface area contributed by atoms with Gasteiger partial charge in [0.05, 0.1) is 18.1 Å². The van der Waals surface area contributed by atoms with Gasteiger partial charge in [-0.05, 0) is 42.2 Å². The average molecular weight is 454 g/mol. The lowest BCUT2D eigenvalue weighted by molar-refractivity contribution is -0.141. The molecule has 9 heteroatoms. The van der Waals surface area contributed by atoms with Gasteiger partial charge in [-0.2, -0.15) is 0 Å². The molecule has 1 unspecified atom stereocenters. The first kappa shape index (κ1) is 25.4. The van der Waals surface area contributed by atoms with Gasteiger partial charge in [0.25, 0.3) is 5.56 Å². The van der Waals surface area contributed by atoms with E-state index in [9.17, 15) is 14.7 Å². The molecule has 2 aromatic carbocycles. The van der Waals surface area contributed by atoms with Crippen molar-refractivity contribution < 1.29 is 14.6 Å². The number of carboxylic acids is 1. The minimum Gasteiger partial charge on any atom is -0.493 e. The van der Waals surface area contributed by atoms with Crippen molar-refractivity contribution in [2.24, 2.45) is 11.8 Å². The van der Waals surface area contributed by atoms with Crippen LogP contribution in [0.15, 0.2) is 47.3 Å². The minimum absolute atomic E-state index is 0.0746. The van der Waals surface area contributed by atoms with Gasteiger partial charge >= 0.3 is 5.97 Å². The van der Waals surface area contributed by atoms with E-state index in [2.05, 4.69) is 15.4 Å². The largest absolute Gasteiger partial charge is 0.493 e. The molecule has 0 fully saturated rings. The smallest absolute Gasteiger partial charge is 0.306 e. The Balaban J connectivity index is 0.00000187. The molecular weight excluding hydrogens is 422 g/mol. The molecule has 0 spiro atoms. The normalized spacial score (nSPS) is 11.2. The van der Waals surface area contributed by atoms with Crippen molar-refractivity contribution in [3.8, 4) is 28.3 Å². The second kappa shape index (κ2) is 11.7. The lowest BCUT2D eigenvalue weighted by Crippen LogP contribution is -2.20. The van der Waals surface area contributed by atoms with Gasteiger partial charge in [-0.15, -0.1) is 0 Å². The zero-order chi connectivity index (χ0) is 24.5. The van der Waals surface area contributed by atoms with Crippen molar-refractivity contribution in [2.45, 2.75) is 34.1 Å². The molecule has 0 radical (unpaired) electrons. The molecule has 0 amide bonds. The number of hydrazine groups is 1. The SMILES string of the molecule is CC.CCOc1cc(-c2cccc(CC(C)C(=O)O)c2)ccc1-c1nc(NN)c(N)c(=O)[nH]1. The number of nitrogens with one attached hydrogen (secondary N) is 2. The number of hydrogen-bond donors (Lipinski definition) is 5. The average Bonchev–Trinajstić information content (AvgIpc) is 2.82. The topological polar surface area (TPSA) is 156 Å². The highest BCUT2D eigenvalue weighted by Gasteiger charge is 2.15. The van der Waals surface area contributed by atoms with Crippen molar-refractivity contribution in [2.75, 3.05) is 17.8 Å². The molecule has 0 bridgehead atoms. The highest BCUT2D eigenvalue weighted by molar-refractivity contribution is 5.75. The second-order valence-corrected chi connectivity index (χ2v) is 7.11. The van der Waals surface area contributed by atoms with E-state index in [4.69, 9.17) is 16.3 Å². The molecule has 33 heavy (non-hydrogen) atoms. The summed E-state index contributed by atoms with van der Waals surface area (Å²) in [6, 6.07) is 13.2. The van der Waals surface area contributed by atoms with Gasteiger partial charge in [-0.1, -0.05) is 51.1 Å². The number of rotatable bonds is 8. The number of benzene rings is 2. The molecule has 3 rings (SSSR count). The molecule has 0 aliphatic carbocycles. The van der Waals surface area contributed by atoms with Gasteiger partial charge in [0.2, 0.25) is 0 Å². The number of carbonyl (C=O) groups is 1. The summed E-state index contributed by atoms with van der Waals surface area (Å²) in [7, 11) is 0. The maximum atomic E-state index is 12.1. The monoisotopic (exact) mass is 453 g/mol. The van der Waals surface area contributed by atoms with Crippen LogP contribution in [0.5, 0.6) is 5.75 Å². The zero-order valence-electron chi connectivity index (χ0n) is 19.3. The summed E-state index contributed by atoms with van der Waals surface area (Å²) in [5.74, 6) is 4.98. The van der Waals surface area contributed by atoms with E-state index in [0.717, 1.165) is 16.7 Å². The lowest BCUT2D eigenvalue weighted by atomic mass is 9.96. The third-order valence-corrected chi connectivity index (χ3v) is 4.85. The molecule has 0 aliphatic rings. The number of hydrogen-bond acceptors (Lipinski definition) is 7. The van der Waals surface area contributed by atoms with Gasteiger partial charge < -0.3 is 26.0 Å². The number of aromatic nitrogens is 2. The van der Waals surface area contributed by atoms with Crippen LogP contribution < -0.4 is 27.3 Å². The van der Waals surface area contributed by atoms with Gasteiger partial charge in [-0.3, -0.25) is 9.59 Å². The molecule has 0 aliphatic heterocycles. The number of nitrogens with two attached hydrogens (primary N) is 2. The number of H-pyrrole nitrogens is 1. The number of nitrogen functional groups attached to an aromatic ring is 2.